The van der Waals surface area contributed by atoms with Crippen LogP contribution in [0.1, 0.15) is 113 Å². The number of benzene rings is 2. The molecule has 190 valence electrons. The van der Waals surface area contributed by atoms with Gasteiger partial charge < -0.3 is 14.5 Å². The molecule has 1 aliphatic rings. The summed E-state index contributed by atoms with van der Waals surface area (Å²) in [5, 5.41) is 5.69. The van der Waals surface area contributed by atoms with E-state index < -0.39 is 0 Å². The van der Waals surface area contributed by atoms with Crippen molar-refractivity contribution in [1.82, 2.24) is 14.5 Å². The Morgan fingerprint density at radius 2 is 1.53 bits per heavy atom. The van der Waals surface area contributed by atoms with Crippen molar-refractivity contribution in [1.29, 1.82) is 0 Å². The van der Waals surface area contributed by atoms with Gasteiger partial charge in [-0.3, -0.25) is 4.79 Å². The van der Waals surface area contributed by atoms with Crippen LogP contribution in [0.3, 0.4) is 0 Å². The molecule has 4 nitrogen and oxygen atoms in total. The van der Waals surface area contributed by atoms with Gasteiger partial charge in [-0.15, -0.1) is 0 Å². The fourth-order valence-electron chi connectivity index (χ4n) is 5.74. The molecule has 2 unspecified atom stereocenters. The van der Waals surface area contributed by atoms with Crippen LogP contribution in [0.2, 0.25) is 0 Å². The summed E-state index contributed by atoms with van der Waals surface area (Å²) in [6.07, 6.45) is 4.44. The second kappa shape index (κ2) is 9.80. The minimum Gasteiger partial charge on any atom is -0.349 e. The largest absolute Gasteiger partial charge is 0.349 e. The third-order valence-electron chi connectivity index (χ3n) is 7.90. The van der Waals surface area contributed by atoms with Gasteiger partial charge in [-0.1, -0.05) is 45.0 Å². The van der Waals surface area contributed by atoms with Gasteiger partial charge in [0.25, 0.3) is 5.91 Å². The number of rotatable bonds is 9. The SMILES string of the molecule is CC(C)c1cc2ccccc2n1C(C)CCC(C)c1cc2ccc(C(=O)NC3CC3)cc2n1C(C)C. The summed E-state index contributed by atoms with van der Waals surface area (Å²) in [6.45, 7) is 13.8. The Kier molecular flexibility index (Phi) is 6.72. The average Bonchev–Trinajstić information content (AvgIpc) is 3.44. The highest BCUT2D eigenvalue weighted by Gasteiger charge is 2.25. The number of carbonyl (C=O) groups excluding carboxylic acids is 1. The smallest absolute Gasteiger partial charge is 0.251 e. The standard InChI is InChI=1S/C32H41N3O/c1-20(2)29-17-24-9-7-8-10-28(24)35(29)23(6)12-11-22(5)30-18-25-13-14-26(32(36)33-27-15-16-27)19-31(25)34(30)21(3)4/h7-10,13-14,17-23,27H,11-12,15-16H2,1-6H3,(H,33,36). The van der Waals surface area contributed by atoms with E-state index in [2.05, 4.69) is 105 Å². The lowest BCUT2D eigenvalue weighted by molar-refractivity contribution is 0.0951. The van der Waals surface area contributed by atoms with Crippen molar-refractivity contribution in [3.63, 3.8) is 0 Å². The van der Waals surface area contributed by atoms with E-state index in [1.54, 1.807) is 0 Å². The summed E-state index contributed by atoms with van der Waals surface area (Å²) >= 11 is 0. The zero-order valence-electron chi connectivity index (χ0n) is 22.7. The molecule has 0 radical (unpaired) electrons. The van der Waals surface area contributed by atoms with E-state index in [0.717, 1.165) is 31.2 Å². The molecule has 36 heavy (non-hydrogen) atoms. The van der Waals surface area contributed by atoms with E-state index in [-0.39, 0.29) is 5.91 Å². The molecule has 4 aromatic rings. The first kappa shape index (κ1) is 24.7. The van der Waals surface area contributed by atoms with Crippen LogP contribution >= 0.6 is 0 Å². The van der Waals surface area contributed by atoms with Crippen molar-refractivity contribution in [2.45, 2.75) is 97.2 Å². The van der Waals surface area contributed by atoms with Crippen LogP contribution in [0.15, 0.2) is 54.6 Å². The van der Waals surface area contributed by atoms with E-state index in [9.17, 15) is 4.79 Å². The number of fused-ring (bicyclic) bond motifs is 2. The van der Waals surface area contributed by atoms with Crippen LogP contribution in [-0.4, -0.2) is 21.1 Å². The molecule has 1 N–H and O–H groups in total. The Morgan fingerprint density at radius 1 is 0.833 bits per heavy atom. The van der Waals surface area contributed by atoms with Crippen LogP contribution in [0.5, 0.6) is 0 Å². The number of hydrogen-bond acceptors (Lipinski definition) is 1. The molecule has 0 saturated heterocycles. The van der Waals surface area contributed by atoms with Gasteiger partial charge in [0.1, 0.15) is 0 Å². The Morgan fingerprint density at radius 3 is 2.22 bits per heavy atom. The van der Waals surface area contributed by atoms with E-state index in [1.807, 2.05) is 6.07 Å². The van der Waals surface area contributed by atoms with Gasteiger partial charge in [-0.25, -0.2) is 0 Å². The lowest BCUT2D eigenvalue weighted by Gasteiger charge is -2.24. The first-order valence-corrected chi connectivity index (χ1v) is 13.8. The third-order valence-corrected chi connectivity index (χ3v) is 7.90. The number of amides is 1. The minimum absolute atomic E-state index is 0.0548. The molecule has 2 aromatic heterocycles. The zero-order chi connectivity index (χ0) is 25.6. The number of hydrogen-bond donors (Lipinski definition) is 1. The van der Waals surface area contributed by atoms with E-state index >= 15 is 0 Å². The van der Waals surface area contributed by atoms with Gasteiger partial charge in [0.2, 0.25) is 0 Å². The molecule has 0 spiro atoms. The van der Waals surface area contributed by atoms with E-state index in [1.165, 1.54) is 33.2 Å². The van der Waals surface area contributed by atoms with Crippen LogP contribution in [0, 0.1) is 0 Å². The van der Waals surface area contributed by atoms with Gasteiger partial charge in [0, 0.05) is 46.1 Å². The summed E-state index contributed by atoms with van der Waals surface area (Å²) in [6, 6.07) is 20.8. The fraction of sp³-hybridized carbons (Fsp3) is 0.469. The maximum Gasteiger partial charge on any atom is 0.251 e. The molecule has 0 aliphatic heterocycles. The molecule has 1 aliphatic carbocycles. The minimum atomic E-state index is 0.0548. The van der Waals surface area contributed by atoms with Crippen LogP contribution in [-0.2, 0) is 0 Å². The van der Waals surface area contributed by atoms with Gasteiger partial charge >= 0.3 is 0 Å². The van der Waals surface area contributed by atoms with Crippen LogP contribution in [0.4, 0.5) is 0 Å². The van der Waals surface area contributed by atoms with Crippen LogP contribution in [0.25, 0.3) is 21.8 Å². The van der Waals surface area contributed by atoms with Gasteiger partial charge in [0.05, 0.1) is 0 Å². The first-order chi connectivity index (χ1) is 17.2. The number of nitrogens with zero attached hydrogens (tertiary/aromatic N) is 2. The summed E-state index contributed by atoms with van der Waals surface area (Å²) < 4.78 is 5.01. The Balaban J connectivity index is 1.40. The van der Waals surface area contributed by atoms with Gasteiger partial charge in [-0.05, 0) is 99.4 Å². The second-order valence-electron chi connectivity index (χ2n) is 11.5. The molecule has 0 bridgehead atoms. The van der Waals surface area contributed by atoms with Crippen LogP contribution < -0.4 is 5.32 Å². The maximum atomic E-state index is 12.7. The Labute approximate surface area is 215 Å². The Hall–Kier alpha value is -3.01. The molecule has 2 aromatic carbocycles. The Bertz CT molecular complexity index is 1390. The summed E-state index contributed by atoms with van der Waals surface area (Å²) in [7, 11) is 0. The predicted octanol–water partition coefficient (Wildman–Crippen LogP) is 8.34. The van der Waals surface area contributed by atoms with Crippen molar-refractivity contribution in [3.8, 4) is 0 Å². The number of carbonyl (C=O) groups is 1. The normalized spacial score (nSPS) is 15.8. The predicted molar refractivity (Wildman–Crippen MR) is 151 cm³/mol. The molecule has 1 saturated carbocycles. The molecule has 1 fully saturated rings. The molecule has 2 atom stereocenters. The maximum absolute atomic E-state index is 12.7. The quantitative estimate of drug-likeness (QED) is 0.255. The highest BCUT2D eigenvalue weighted by Crippen LogP contribution is 2.35. The van der Waals surface area contributed by atoms with Crippen molar-refractivity contribution in [2.24, 2.45) is 0 Å². The van der Waals surface area contributed by atoms with Crippen molar-refractivity contribution < 1.29 is 4.79 Å². The number of nitrogens with one attached hydrogen (secondary N) is 1. The molecule has 4 heteroatoms. The molecular weight excluding hydrogens is 442 g/mol. The second-order valence-corrected chi connectivity index (χ2v) is 11.5. The van der Waals surface area contributed by atoms with Crippen molar-refractivity contribution in [3.05, 3.63) is 71.5 Å². The molecular formula is C32H41N3O. The molecule has 5 rings (SSSR count). The average molecular weight is 484 g/mol. The summed E-state index contributed by atoms with van der Waals surface area (Å²) in [5.74, 6) is 0.974. The monoisotopic (exact) mass is 483 g/mol. The highest BCUT2D eigenvalue weighted by atomic mass is 16.1. The van der Waals surface area contributed by atoms with Gasteiger partial charge in [0.15, 0.2) is 0 Å². The number of aromatic nitrogens is 2. The van der Waals surface area contributed by atoms with E-state index in [4.69, 9.17) is 0 Å². The zero-order valence-corrected chi connectivity index (χ0v) is 22.7. The van der Waals surface area contributed by atoms with Crippen molar-refractivity contribution in [2.75, 3.05) is 0 Å². The van der Waals surface area contributed by atoms with E-state index in [0.29, 0.717) is 30.0 Å². The number of para-hydroxylation sites is 1. The first-order valence-electron chi connectivity index (χ1n) is 13.8. The summed E-state index contributed by atoms with van der Waals surface area (Å²) in [4.78, 5) is 12.7. The molecule has 1 amide bonds. The lowest BCUT2D eigenvalue weighted by Crippen LogP contribution is -2.25. The van der Waals surface area contributed by atoms with Crippen molar-refractivity contribution >= 4 is 27.7 Å². The lowest BCUT2D eigenvalue weighted by atomic mass is 9.98. The molecule has 2 heterocycles. The third kappa shape index (κ3) is 4.70. The fourth-order valence-corrected chi connectivity index (χ4v) is 5.74. The van der Waals surface area contributed by atoms with Gasteiger partial charge in [-0.2, -0.15) is 0 Å². The highest BCUT2D eigenvalue weighted by molar-refractivity contribution is 5.98. The summed E-state index contributed by atoms with van der Waals surface area (Å²) in [5.41, 5.74) is 6.07. The topological polar surface area (TPSA) is 39.0 Å².